The van der Waals surface area contributed by atoms with Gasteiger partial charge in [-0.1, -0.05) is 6.92 Å². The summed E-state index contributed by atoms with van der Waals surface area (Å²) in [6.45, 7) is 5.38. The van der Waals surface area contributed by atoms with Gasteiger partial charge in [0.2, 0.25) is 0 Å². The average Bonchev–Trinajstić information content (AvgIpc) is 3.15. The number of aryl methyl sites for hydroxylation is 1. The first-order valence-corrected chi connectivity index (χ1v) is 7.11. The summed E-state index contributed by atoms with van der Waals surface area (Å²) >= 11 is 6.02. The van der Waals surface area contributed by atoms with Crippen LogP contribution in [0.3, 0.4) is 0 Å². The first kappa shape index (κ1) is 12.0. The van der Waals surface area contributed by atoms with Crippen LogP contribution in [-0.4, -0.2) is 14.5 Å². The lowest BCUT2D eigenvalue weighted by Gasteiger charge is -2.13. The van der Waals surface area contributed by atoms with Crippen molar-refractivity contribution in [3.63, 3.8) is 0 Å². The Bertz CT molecular complexity index is 572. The van der Waals surface area contributed by atoms with Crippen LogP contribution in [0.15, 0.2) is 12.3 Å². The highest BCUT2D eigenvalue weighted by Crippen LogP contribution is 2.37. The van der Waals surface area contributed by atoms with Gasteiger partial charge in [-0.05, 0) is 43.2 Å². The zero-order valence-electron chi connectivity index (χ0n) is 10.9. The molecule has 3 rings (SSSR count). The number of fused-ring (bicyclic) bond motifs is 1. The zero-order valence-corrected chi connectivity index (χ0v) is 11.6. The van der Waals surface area contributed by atoms with E-state index in [2.05, 4.69) is 28.4 Å². The predicted octanol–water partition coefficient (Wildman–Crippen LogP) is 3.52. The van der Waals surface area contributed by atoms with E-state index in [1.165, 1.54) is 18.4 Å². The molecule has 1 aliphatic carbocycles. The van der Waals surface area contributed by atoms with E-state index in [9.17, 15) is 0 Å². The molecule has 0 bridgehead atoms. The standard InChI is InChI=1S/C14H18ClN3/c1-9-5-6-16-14-13(9)17-12(7-15)18(14)8-10(2)11-3-4-11/h5-6,10-11H,3-4,7-8H2,1-2H3. The van der Waals surface area contributed by atoms with Crippen LogP contribution in [0, 0.1) is 18.8 Å². The lowest BCUT2D eigenvalue weighted by Crippen LogP contribution is -2.12. The van der Waals surface area contributed by atoms with E-state index in [0.717, 1.165) is 29.5 Å². The van der Waals surface area contributed by atoms with Gasteiger partial charge in [0, 0.05) is 12.7 Å². The highest BCUT2D eigenvalue weighted by atomic mass is 35.5. The van der Waals surface area contributed by atoms with Gasteiger partial charge >= 0.3 is 0 Å². The van der Waals surface area contributed by atoms with Gasteiger partial charge in [0.25, 0.3) is 0 Å². The van der Waals surface area contributed by atoms with Gasteiger partial charge in [0.15, 0.2) is 5.65 Å². The molecule has 2 heterocycles. The van der Waals surface area contributed by atoms with Crippen molar-refractivity contribution in [1.29, 1.82) is 0 Å². The van der Waals surface area contributed by atoms with Crippen LogP contribution in [0.4, 0.5) is 0 Å². The molecule has 1 atom stereocenters. The fourth-order valence-electron chi connectivity index (χ4n) is 2.58. The van der Waals surface area contributed by atoms with Crippen molar-refractivity contribution >= 4 is 22.8 Å². The van der Waals surface area contributed by atoms with E-state index in [1.807, 2.05) is 12.3 Å². The topological polar surface area (TPSA) is 30.7 Å². The molecule has 0 saturated heterocycles. The smallest absolute Gasteiger partial charge is 0.160 e. The molecule has 0 amide bonds. The summed E-state index contributed by atoms with van der Waals surface area (Å²) in [5.41, 5.74) is 3.15. The summed E-state index contributed by atoms with van der Waals surface area (Å²) in [7, 11) is 0. The minimum atomic E-state index is 0.452. The SMILES string of the molecule is Cc1ccnc2c1nc(CCl)n2CC(C)C1CC1. The molecular formula is C14H18ClN3. The number of imidazole rings is 1. The van der Waals surface area contributed by atoms with Gasteiger partial charge in [-0.2, -0.15) is 0 Å². The quantitative estimate of drug-likeness (QED) is 0.790. The maximum atomic E-state index is 6.02. The van der Waals surface area contributed by atoms with Gasteiger partial charge in [-0.3, -0.25) is 0 Å². The number of aromatic nitrogens is 3. The number of pyridine rings is 1. The summed E-state index contributed by atoms with van der Waals surface area (Å²) in [5, 5.41) is 0. The molecule has 0 N–H and O–H groups in total. The number of rotatable bonds is 4. The summed E-state index contributed by atoms with van der Waals surface area (Å²) in [5.74, 6) is 2.97. The lowest BCUT2D eigenvalue weighted by atomic mass is 10.1. The molecule has 2 aromatic heterocycles. The molecule has 1 fully saturated rings. The van der Waals surface area contributed by atoms with Crippen LogP contribution in [0.2, 0.25) is 0 Å². The number of alkyl halides is 1. The number of hydrogen-bond donors (Lipinski definition) is 0. The van der Waals surface area contributed by atoms with Crippen molar-refractivity contribution in [2.75, 3.05) is 0 Å². The Labute approximate surface area is 112 Å². The molecule has 0 spiro atoms. The Morgan fingerprint density at radius 1 is 1.50 bits per heavy atom. The molecule has 0 aliphatic heterocycles. The zero-order chi connectivity index (χ0) is 12.7. The third-order valence-corrected chi connectivity index (χ3v) is 4.17. The van der Waals surface area contributed by atoms with Crippen molar-refractivity contribution in [3.8, 4) is 0 Å². The second-order valence-electron chi connectivity index (χ2n) is 5.39. The van der Waals surface area contributed by atoms with E-state index in [0.29, 0.717) is 11.8 Å². The normalized spacial score (nSPS) is 17.3. The Balaban J connectivity index is 2.04. The van der Waals surface area contributed by atoms with E-state index >= 15 is 0 Å². The molecule has 2 aromatic rings. The maximum absolute atomic E-state index is 6.02. The summed E-state index contributed by atoms with van der Waals surface area (Å²) in [4.78, 5) is 9.12. The third kappa shape index (κ3) is 2.01. The minimum absolute atomic E-state index is 0.452. The van der Waals surface area contributed by atoms with Gasteiger partial charge < -0.3 is 4.57 Å². The molecule has 1 aliphatic rings. The molecule has 96 valence electrons. The number of nitrogens with zero attached hydrogens (tertiary/aromatic N) is 3. The van der Waals surface area contributed by atoms with Crippen molar-refractivity contribution in [2.45, 2.75) is 39.1 Å². The largest absolute Gasteiger partial charge is 0.311 e. The first-order chi connectivity index (χ1) is 8.70. The Morgan fingerprint density at radius 2 is 2.28 bits per heavy atom. The highest BCUT2D eigenvalue weighted by Gasteiger charge is 2.29. The predicted molar refractivity (Wildman–Crippen MR) is 73.7 cm³/mol. The van der Waals surface area contributed by atoms with E-state index in [-0.39, 0.29) is 0 Å². The summed E-state index contributed by atoms with van der Waals surface area (Å²) in [6, 6.07) is 2.00. The second kappa shape index (κ2) is 4.54. The van der Waals surface area contributed by atoms with Crippen molar-refractivity contribution in [2.24, 2.45) is 11.8 Å². The van der Waals surface area contributed by atoms with E-state index < -0.39 is 0 Å². The maximum Gasteiger partial charge on any atom is 0.160 e. The molecule has 0 aromatic carbocycles. The monoisotopic (exact) mass is 263 g/mol. The molecular weight excluding hydrogens is 246 g/mol. The summed E-state index contributed by atoms with van der Waals surface area (Å²) < 4.78 is 2.21. The second-order valence-corrected chi connectivity index (χ2v) is 5.65. The molecule has 4 heteroatoms. The molecule has 18 heavy (non-hydrogen) atoms. The van der Waals surface area contributed by atoms with E-state index in [1.54, 1.807) is 0 Å². The van der Waals surface area contributed by atoms with Gasteiger partial charge in [-0.15, -0.1) is 11.6 Å². The molecule has 3 nitrogen and oxygen atoms in total. The minimum Gasteiger partial charge on any atom is -0.311 e. The molecule has 1 saturated carbocycles. The van der Waals surface area contributed by atoms with E-state index in [4.69, 9.17) is 11.6 Å². The average molecular weight is 264 g/mol. The van der Waals surface area contributed by atoms with Crippen molar-refractivity contribution in [3.05, 3.63) is 23.7 Å². The number of hydrogen-bond acceptors (Lipinski definition) is 2. The van der Waals surface area contributed by atoms with Crippen LogP contribution in [0.1, 0.15) is 31.2 Å². The lowest BCUT2D eigenvalue weighted by molar-refractivity contribution is 0.429. The van der Waals surface area contributed by atoms with Crippen LogP contribution in [0.5, 0.6) is 0 Å². The van der Waals surface area contributed by atoms with Crippen molar-refractivity contribution in [1.82, 2.24) is 14.5 Å². The van der Waals surface area contributed by atoms with Crippen LogP contribution in [0.25, 0.3) is 11.2 Å². The third-order valence-electron chi connectivity index (χ3n) is 3.93. The fourth-order valence-corrected chi connectivity index (χ4v) is 2.78. The Morgan fingerprint density at radius 3 is 2.94 bits per heavy atom. The van der Waals surface area contributed by atoms with Gasteiger partial charge in [-0.25, -0.2) is 9.97 Å². The highest BCUT2D eigenvalue weighted by molar-refractivity contribution is 6.16. The Hall–Kier alpha value is -1.09. The Kier molecular flexibility index (Phi) is 3.02. The first-order valence-electron chi connectivity index (χ1n) is 6.57. The summed E-state index contributed by atoms with van der Waals surface area (Å²) in [6.07, 6.45) is 4.60. The van der Waals surface area contributed by atoms with Gasteiger partial charge in [0.1, 0.15) is 11.3 Å². The molecule has 1 unspecified atom stereocenters. The van der Waals surface area contributed by atoms with Gasteiger partial charge in [0.05, 0.1) is 5.88 Å². The molecule has 0 radical (unpaired) electrons. The van der Waals surface area contributed by atoms with Crippen molar-refractivity contribution < 1.29 is 0 Å². The van der Waals surface area contributed by atoms with Crippen LogP contribution < -0.4 is 0 Å². The van der Waals surface area contributed by atoms with Crippen LogP contribution in [-0.2, 0) is 12.4 Å². The van der Waals surface area contributed by atoms with Crippen LogP contribution >= 0.6 is 11.6 Å². The number of halogens is 1. The fraction of sp³-hybridized carbons (Fsp3) is 0.571.